The van der Waals surface area contributed by atoms with Gasteiger partial charge >= 0.3 is 0 Å². The molecule has 27 heavy (non-hydrogen) atoms. The number of amidine groups is 1. The van der Waals surface area contributed by atoms with Crippen molar-refractivity contribution in [3.8, 4) is 5.75 Å². The number of ether oxygens (including phenoxy) is 1. The molecule has 2 N–H and O–H groups in total. The molecule has 3 aromatic carbocycles. The Hall–Kier alpha value is -3.67. The van der Waals surface area contributed by atoms with Gasteiger partial charge in [-0.15, -0.1) is 0 Å². The van der Waals surface area contributed by atoms with E-state index in [9.17, 15) is 10.1 Å². The van der Waals surface area contributed by atoms with Gasteiger partial charge in [0.2, 0.25) is 0 Å². The third-order valence-corrected chi connectivity index (χ3v) is 4.05. The fourth-order valence-electron chi connectivity index (χ4n) is 2.53. The molecule has 0 unspecified atom stereocenters. The van der Waals surface area contributed by atoms with Gasteiger partial charge in [0.1, 0.15) is 17.1 Å². The van der Waals surface area contributed by atoms with E-state index in [1.165, 1.54) is 17.7 Å². The van der Waals surface area contributed by atoms with E-state index in [-0.39, 0.29) is 5.69 Å². The highest BCUT2D eigenvalue weighted by Gasteiger charge is 2.14. The topological polar surface area (TPSA) is 78.4 Å². The first-order chi connectivity index (χ1) is 13.0. The van der Waals surface area contributed by atoms with Gasteiger partial charge in [-0.25, -0.2) is 10.3 Å². The van der Waals surface area contributed by atoms with Gasteiger partial charge in [0.15, 0.2) is 0 Å². The Morgan fingerprint density at radius 1 is 0.963 bits per heavy atom. The second-order valence-electron chi connectivity index (χ2n) is 6.02. The first kappa shape index (κ1) is 18.1. The van der Waals surface area contributed by atoms with Crippen LogP contribution in [-0.4, -0.2) is 17.9 Å². The second kappa shape index (κ2) is 8.14. The maximum absolute atomic E-state index is 10.9. The van der Waals surface area contributed by atoms with Crippen LogP contribution < -0.4 is 15.0 Å². The number of hydrogen-bond acceptors (Lipinski definition) is 3. The number of benzene rings is 3. The molecule has 3 aromatic rings. The van der Waals surface area contributed by atoms with Crippen LogP contribution in [0.4, 0.5) is 17.1 Å². The fourth-order valence-corrected chi connectivity index (χ4v) is 2.53. The number of nitro benzene ring substituents is 1. The van der Waals surface area contributed by atoms with Crippen LogP contribution in [0.15, 0.2) is 72.8 Å². The van der Waals surface area contributed by atoms with Crippen molar-refractivity contribution in [1.82, 2.24) is 0 Å². The van der Waals surface area contributed by atoms with Gasteiger partial charge < -0.3 is 4.74 Å². The number of aryl methyl sites for hydroxylation is 1. The van der Waals surface area contributed by atoms with Crippen LogP contribution in [0.3, 0.4) is 0 Å². The molecule has 0 spiro atoms. The van der Waals surface area contributed by atoms with Gasteiger partial charge in [-0.1, -0.05) is 17.7 Å². The van der Waals surface area contributed by atoms with Crippen LogP contribution in [0.1, 0.15) is 11.1 Å². The number of nitrogens with zero attached hydrogens (tertiary/aromatic N) is 1. The lowest BCUT2D eigenvalue weighted by atomic mass is 10.1. The predicted molar refractivity (Wildman–Crippen MR) is 106 cm³/mol. The van der Waals surface area contributed by atoms with E-state index in [0.717, 1.165) is 28.5 Å². The van der Waals surface area contributed by atoms with Crippen LogP contribution in [0.2, 0.25) is 0 Å². The Kier molecular flexibility index (Phi) is 5.47. The largest absolute Gasteiger partial charge is 0.497 e. The zero-order valence-electron chi connectivity index (χ0n) is 15.1. The molecular weight excluding hydrogens is 342 g/mol. The van der Waals surface area contributed by atoms with E-state index in [1.54, 1.807) is 19.2 Å². The average molecular weight is 362 g/mol. The molecule has 0 heterocycles. The van der Waals surface area contributed by atoms with E-state index in [1.807, 2.05) is 55.5 Å². The molecule has 0 aliphatic heterocycles. The lowest BCUT2D eigenvalue weighted by Crippen LogP contribution is -2.68. The van der Waals surface area contributed by atoms with E-state index >= 15 is 0 Å². The Bertz CT molecular complexity index is 947. The van der Waals surface area contributed by atoms with E-state index in [2.05, 4.69) is 10.3 Å². The van der Waals surface area contributed by atoms with E-state index in [0.29, 0.717) is 0 Å². The number of nitrogens with one attached hydrogen (secondary N) is 2. The van der Waals surface area contributed by atoms with Gasteiger partial charge in [-0.3, -0.25) is 10.1 Å². The summed E-state index contributed by atoms with van der Waals surface area (Å²) in [6.45, 7) is 2.03. The molecule has 0 saturated carbocycles. The van der Waals surface area contributed by atoms with Crippen molar-refractivity contribution in [1.29, 1.82) is 0 Å². The van der Waals surface area contributed by atoms with Crippen molar-refractivity contribution < 1.29 is 14.7 Å². The Balaban J connectivity index is 1.96. The van der Waals surface area contributed by atoms with Gasteiger partial charge in [0.25, 0.3) is 11.5 Å². The van der Waals surface area contributed by atoms with Gasteiger partial charge in [0, 0.05) is 12.1 Å². The van der Waals surface area contributed by atoms with E-state index in [4.69, 9.17) is 4.74 Å². The highest BCUT2D eigenvalue weighted by molar-refractivity contribution is 6.04. The average Bonchev–Trinajstić information content (AvgIpc) is 2.70. The third-order valence-electron chi connectivity index (χ3n) is 4.05. The van der Waals surface area contributed by atoms with Crippen molar-refractivity contribution in [3.05, 3.63) is 94.0 Å². The Morgan fingerprint density at radius 3 is 2.15 bits per heavy atom. The van der Waals surface area contributed by atoms with Gasteiger partial charge in [0.05, 0.1) is 17.6 Å². The molecule has 6 nitrogen and oxygen atoms in total. The standard InChI is InChI=1S/C21H19N3O3/c1-15-3-7-17(8-4-15)22-21(16-5-11-19(12-6-16)24(25)26)23-18-9-13-20(27-2)14-10-18/h3-14H,1-2H3,(H,22,23)/p+1. The summed E-state index contributed by atoms with van der Waals surface area (Å²) >= 11 is 0. The van der Waals surface area contributed by atoms with Crippen LogP contribution in [0.5, 0.6) is 5.75 Å². The summed E-state index contributed by atoms with van der Waals surface area (Å²) in [6, 6.07) is 21.9. The summed E-state index contributed by atoms with van der Waals surface area (Å²) < 4.78 is 5.19. The van der Waals surface area contributed by atoms with Crippen molar-refractivity contribution in [2.24, 2.45) is 0 Å². The predicted octanol–water partition coefficient (Wildman–Crippen LogP) is 3.18. The molecule has 0 fully saturated rings. The number of anilines is 1. The quantitative estimate of drug-likeness (QED) is 0.316. The summed E-state index contributed by atoms with van der Waals surface area (Å²) in [5.41, 5.74) is 3.80. The molecular formula is C21H20N3O3+. The first-order valence-corrected chi connectivity index (χ1v) is 8.42. The Morgan fingerprint density at radius 2 is 1.59 bits per heavy atom. The third kappa shape index (κ3) is 4.70. The number of methoxy groups -OCH3 is 1. The SMILES string of the molecule is COc1ccc(NC(=[NH+]c2ccc(C)cc2)c2ccc([N+](=O)[O-])cc2)cc1. The van der Waals surface area contributed by atoms with Crippen LogP contribution >= 0.6 is 0 Å². The zero-order valence-corrected chi connectivity index (χ0v) is 15.1. The first-order valence-electron chi connectivity index (χ1n) is 8.42. The van der Waals surface area contributed by atoms with Crippen molar-refractivity contribution in [2.75, 3.05) is 12.4 Å². The highest BCUT2D eigenvalue weighted by Crippen LogP contribution is 2.17. The molecule has 0 atom stereocenters. The molecule has 0 aliphatic rings. The Labute approximate surface area is 157 Å². The number of hydrogen-bond donors (Lipinski definition) is 2. The molecule has 0 bridgehead atoms. The molecule has 136 valence electrons. The summed E-state index contributed by atoms with van der Waals surface area (Å²) in [5.74, 6) is 1.49. The summed E-state index contributed by atoms with van der Waals surface area (Å²) in [5, 5.41) is 14.3. The summed E-state index contributed by atoms with van der Waals surface area (Å²) in [6.07, 6.45) is 0. The van der Waals surface area contributed by atoms with Crippen molar-refractivity contribution >= 4 is 22.9 Å². The minimum Gasteiger partial charge on any atom is -0.497 e. The maximum atomic E-state index is 10.9. The number of non-ortho nitro benzene ring substituents is 1. The summed E-state index contributed by atoms with van der Waals surface area (Å²) in [4.78, 5) is 13.9. The molecule has 0 saturated heterocycles. The molecule has 0 amide bonds. The van der Waals surface area contributed by atoms with Crippen molar-refractivity contribution in [2.45, 2.75) is 6.92 Å². The van der Waals surface area contributed by atoms with Gasteiger partial charge in [-0.2, -0.15) is 0 Å². The lowest BCUT2D eigenvalue weighted by molar-refractivity contribution is -0.384. The number of nitro groups is 1. The molecule has 6 heteroatoms. The highest BCUT2D eigenvalue weighted by atomic mass is 16.6. The van der Waals surface area contributed by atoms with Gasteiger partial charge in [-0.05, 0) is 55.5 Å². The minimum atomic E-state index is -0.409. The normalized spacial score (nSPS) is 11.1. The summed E-state index contributed by atoms with van der Waals surface area (Å²) in [7, 11) is 1.62. The zero-order chi connectivity index (χ0) is 19.2. The maximum Gasteiger partial charge on any atom is 0.285 e. The van der Waals surface area contributed by atoms with Crippen LogP contribution in [-0.2, 0) is 0 Å². The molecule has 0 radical (unpaired) electrons. The van der Waals surface area contributed by atoms with E-state index < -0.39 is 4.92 Å². The lowest BCUT2D eigenvalue weighted by Gasteiger charge is -2.05. The smallest absolute Gasteiger partial charge is 0.285 e. The van der Waals surface area contributed by atoms with Crippen LogP contribution in [0, 0.1) is 17.0 Å². The molecule has 3 rings (SSSR count). The minimum absolute atomic E-state index is 0.0536. The number of rotatable bonds is 5. The van der Waals surface area contributed by atoms with Crippen LogP contribution in [0.25, 0.3) is 0 Å². The monoisotopic (exact) mass is 362 g/mol. The molecule has 0 aliphatic carbocycles. The second-order valence-corrected chi connectivity index (χ2v) is 6.02. The fraction of sp³-hybridized carbons (Fsp3) is 0.0952. The van der Waals surface area contributed by atoms with Crippen molar-refractivity contribution in [3.63, 3.8) is 0 Å². The molecule has 0 aromatic heterocycles.